The molecule has 0 atom stereocenters. The molecule has 0 aliphatic rings. The number of hydrogen-bond acceptors (Lipinski definition) is 2. The van der Waals surface area contributed by atoms with E-state index in [9.17, 15) is 0 Å². The van der Waals surface area contributed by atoms with Gasteiger partial charge in [-0.25, -0.2) is 0 Å². The molecule has 42 valence electrons. The molecule has 7 heteroatoms. The zero-order valence-corrected chi connectivity index (χ0v) is 2.94. The molecule has 7 heavy (non-hydrogen) atoms. The third-order valence-electron chi connectivity index (χ3n) is 0. The van der Waals surface area contributed by atoms with Crippen molar-refractivity contribution < 1.29 is 17.5 Å². The summed E-state index contributed by atoms with van der Waals surface area (Å²) in [5.41, 5.74) is 0. The van der Waals surface area contributed by atoms with E-state index in [1.165, 1.54) is 0 Å². The molecule has 0 unspecified atom stereocenters. The number of rotatable bonds is 0. The Morgan fingerprint density at radius 3 is 1.14 bits per heavy atom. The van der Waals surface area contributed by atoms with E-state index in [0.29, 0.717) is 0 Å². The van der Waals surface area contributed by atoms with Crippen molar-refractivity contribution in [1.82, 2.24) is 0 Å². The van der Waals surface area contributed by atoms with E-state index in [0.717, 1.165) is 0 Å². The van der Waals surface area contributed by atoms with E-state index in [2.05, 4.69) is 0 Å². The van der Waals surface area contributed by atoms with Crippen LogP contribution in [0.3, 0.4) is 0 Å². The first kappa shape index (κ1) is 15.6. The second-order valence-corrected chi connectivity index (χ2v) is 1.34. The molecule has 0 spiro atoms. The smallest absolute Gasteiger partial charge is 0.0149 e. The van der Waals surface area contributed by atoms with Crippen LogP contribution in [0.4, 0.5) is 0 Å². The van der Waals surface area contributed by atoms with Gasteiger partial charge in [0.25, 0.3) is 0 Å². The van der Waals surface area contributed by atoms with Gasteiger partial charge in [-0.1, -0.05) is 0 Å². The van der Waals surface area contributed by atoms with Crippen LogP contribution in [0.25, 0.3) is 0 Å². The molecule has 0 heterocycles. The molecular weight excluding hydrogens is 131 g/mol. The molecule has 0 aromatic rings. The molecule has 2 N–H and O–H groups in total. The third kappa shape index (κ3) is 313. The van der Waals surface area contributed by atoms with Crippen molar-refractivity contribution in [3.05, 3.63) is 0 Å². The van der Waals surface area contributed by atoms with Crippen LogP contribution in [0.15, 0.2) is 0 Å². The van der Waals surface area contributed by atoms with Gasteiger partial charge in [0.2, 0.25) is 0 Å². The first-order chi connectivity index (χ1) is 2.00. The fraction of sp³-hybridized carbons (Fsp3) is 0. The van der Waals surface area contributed by atoms with E-state index in [1.54, 1.807) is 0 Å². The van der Waals surface area contributed by atoms with Gasteiger partial charge in [-0.05, 0) is 11.0 Å². The monoisotopic (exact) mass is 138 g/mol. The maximum atomic E-state index is 8.74. The predicted octanol–water partition coefficient (Wildman–Crippen LogP) is -2.75. The van der Waals surface area contributed by atoms with Crippen LogP contribution in [0.2, 0.25) is 0 Å². The minimum atomic E-state index is -4.67. The Morgan fingerprint density at radius 2 is 1.14 bits per heavy atom. The second kappa shape index (κ2) is 4.83. The average molecular weight is 138 g/mol. The molecule has 0 radical (unpaired) electrons. The zero-order chi connectivity index (χ0) is 4.50. The van der Waals surface area contributed by atoms with Crippen molar-refractivity contribution in [3.63, 3.8) is 0 Å². The summed E-state index contributed by atoms with van der Waals surface area (Å²) < 4.78 is 31.6. The fourth-order valence-corrected chi connectivity index (χ4v) is 0. The van der Waals surface area contributed by atoms with E-state index < -0.39 is 10.4 Å². The Hall–Kier alpha value is 0.684. The van der Waals surface area contributed by atoms with Crippen molar-refractivity contribution in [1.29, 1.82) is 0 Å². The molecule has 0 aliphatic carbocycles. The van der Waals surface area contributed by atoms with Gasteiger partial charge in [0, 0.05) is 0 Å². The van der Waals surface area contributed by atoms with E-state index in [1.807, 2.05) is 0 Å². The van der Waals surface area contributed by atoms with Crippen LogP contribution in [0.1, 0.15) is 0 Å². The normalized spacial score (nSPS) is 8.29. The first-order valence-corrected chi connectivity index (χ1v) is 2.10. The summed E-state index contributed by atoms with van der Waals surface area (Å²) in [6, 6.07) is 0. The molecule has 0 aromatic heterocycles. The van der Waals surface area contributed by atoms with Crippen molar-refractivity contribution >= 4 is 40.2 Å². The second-order valence-electron chi connectivity index (χ2n) is 0.448. The topological polar surface area (TPSA) is 74.6 Å². The summed E-state index contributed by atoms with van der Waals surface area (Å²) >= 11 is 0. The van der Waals surface area contributed by atoms with Crippen LogP contribution in [-0.4, -0.2) is 47.3 Å². The van der Waals surface area contributed by atoms with Gasteiger partial charge in [0.1, 0.15) is 0 Å². The van der Waals surface area contributed by atoms with Gasteiger partial charge in [-0.2, -0.15) is 8.42 Å². The van der Waals surface area contributed by atoms with Crippen LogP contribution in [0.5, 0.6) is 0 Å². The Bertz CT molecular complexity index is 94.9. The molecule has 0 saturated heterocycles. The minimum absolute atomic E-state index is 0. The van der Waals surface area contributed by atoms with Crippen molar-refractivity contribution in [2.45, 2.75) is 0 Å². The molecule has 4 nitrogen and oxygen atoms in total. The molecule has 0 fully saturated rings. The summed E-state index contributed by atoms with van der Waals surface area (Å²) in [7, 11) is -4.67. The van der Waals surface area contributed by atoms with Crippen LogP contribution < -0.4 is 0 Å². The van der Waals surface area contributed by atoms with E-state index in [-0.39, 0.29) is 29.8 Å². The SMILES string of the molecule is O=S(=O)(O)O.[LiH].[SiH4]. The van der Waals surface area contributed by atoms with Gasteiger partial charge in [0.05, 0.1) is 0 Å². The fourth-order valence-electron chi connectivity index (χ4n) is 0. The minimum Gasteiger partial charge on any atom is -0.0149 e. The van der Waals surface area contributed by atoms with Crippen LogP contribution in [0, 0.1) is 0 Å². The number of hydrogen-bond donors (Lipinski definition) is 2. The van der Waals surface area contributed by atoms with Gasteiger partial charge < -0.3 is 0 Å². The molecule has 0 bridgehead atoms. The van der Waals surface area contributed by atoms with E-state index >= 15 is 0 Å². The predicted molar refractivity (Wildman–Crippen MR) is 32.7 cm³/mol. The summed E-state index contributed by atoms with van der Waals surface area (Å²) in [5.74, 6) is 0. The van der Waals surface area contributed by atoms with Gasteiger partial charge in [-0.3, -0.25) is 9.11 Å². The molecule has 0 amide bonds. The van der Waals surface area contributed by atoms with Crippen molar-refractivity contribution in [2.75, 3.05) is 0 Å². The summed E-state index contributed by atoms with van der Waals surface area (Å²) in [5, 5.41) is 0. The van der Waals surface area contributed by atoms with E-state index in [4.69, 9.17) is 17.5 Å². The summed E-state index contributed by atoms with van der Waals surface area (Å²) in [6.45, 7) is 0. The summed E-state index contributed by atoms with van der Waals surface area (Å²) in [6.07, 6.45) is 0. The first-order valence-electron chi connectivity index (χ1n) is 0.698. The van der Waals surface area contributed by atoms with Gasteiger partial charge in [0.15, 0.2) is 0 Å². The summed E-state index contributed by atoms with van der Waals surface area (Å²) in [4.78, 5) is 0. The van der Waals surface area contributed by atoms with Crippen molar-refractivity contribution in [3.8, 4) is 0 Å². The Kier molecular flexibility index (Phi) is 10.8. The van der Waals surface area contributed by atoms with Crippen LogP contribution >= 0.6 is 0 Å². The van der Waals surface area contributed by atoms with Crippen molar-refractivity contribution in [2.24, 2.45) is 0 Å². The quantitative estimate of drug-likeness (QED) is 0.281. The zero-order valence-electron chi connectivity index (χ0n) is 2.12. The molecule has 0 saturated carbocycles. The van der Waals surface area contributed by atoms with Gasteiger partial charge >= 0.3 is 29.3 Å². The molecule has 0 rings (SSSR count). The maximum Gasteiger partial charge on any atom is -0.0149 e. The Balaban J connectivity index is -0.0000000800. The molecular formula is H7LiO4SSi. The Morgan fingerprint density at radius 1 is 1.14 bits per heavy atom. The van der Waals surface area contributed by atoms with Gasteiger partial charge in [-0.15, -0.1) is 0 Å². The molecule has 0 aromatic carbocycles. The standard InChI is InChI=1S/Li.H2O4S.H4Si.H/c;1-5(2,3)4;;/h;(H2,1,2,3,4);1H4;. The Labute approximate surface area is 58.1 Å². The third-order valence-corrected chi connectivity index (χ3v) is 0. The largest absolute Gasteiger partial charge is 0.0149 e. The molecule has 0 aliphatic heterocycles. The maximum absolute atomic E-state index is 8.74. The average Bonchev–Trinajstić information content (AvgIpc) is 0.722. The van der Waals surface area contributed by atoms with Crippen LogP contribution in [-0.2, 0) is 10.4 Å².